The number of nitrogens with two attached hydrogens (primary N) is 1. The highest BCUT2D eigenvalue weighted by Gasteiger charge is 1.92. The second kappa shape index (κ2) is 16.8. The van der Waals surface area contributed by atoms with E-state index in [2.05, 4.69) is 6.92 Å². The SMILES string of the molecule is CCCCCCCCOCCOCCOCCN. The largest absolute Gasteiger partial charge is 0.379 e. The van der Waals surface area contributed by atoms with Crippen molar-refractivity contribution in [3.63, 3.8) is 0 Å². The molecule has 0 saturated heterocycles. The van der Waals surface area contributed by atoms with Crippen molar-refractivity contribution in [2.75, 3.05) is 46.2 Å². The van der Waals surface area contributed by atoms with Gasteiger partial charge in [-0.15, -0.1) is 0 Å². The summed E-state index contributed by atoms with van der Waals surface area (Å²) in [6.07, 6.45) is 7.83. The highest BCUT2D eigenvalue weighted by atomic mass is 16.5. The summed E-state index contributed by atoms with van der Waals surface area (Å²) in [6, 6.07) is 0. The van der Waals surface area contributed by atoms with Crippen molar-refractivity contribution in [3.05, 3.63) is 0 Å². The average molecular weight is 261 g/mol. The Balaban J connectivity index is 2.86. The zero-order valence-corrected chi connectivity index (χ0v) is 12.0. The van der Waals surface area contributed by atoms with Gasteiger partial charge in [-0.05, 0) is 6.42 Å². The van der Waals surface area contributed by atoms with Gasteiger partial charge in [0.2, 0.25) is 0 Å². The lowest BCUT2D eigenvalue weighted by Gasteiger charge is -2.06. The van der Waals surface area contributed by atoms with Gasteiger partial charge >= 0.3 is 0 Å². The molecule has 0 aromatic rings. The average Bonchev–Trinajstić information content (AvgIpc) is 2.39. The van der Waals surface area contributed by atoms with Crippen molar-refractivity contribution in [3.8, 4) is 0 Å². The molecule has 4 nitrogen and oxygen atoms in total. The third-order valence-corrected chi connectivity index (χ3v) is 2.65. The molecule has 0 aliphatic carbocycles. The third-order valence-electron chi connectivity index (χ3n) is 2.65. The Hall–Kier alpha value is -0.160. The van der Waals surface area contributed by atoms with Crippen LogP contribution >= 0.6 is 0 Å². The molecule has 0 heterocycles. The Kier molecular flexibility index (Phi) is 16.7. The van der Waals surface area contributed by atoms with Crippen LogP contribution in [-0.4, -0.2) is 46.2 Å². The van der Waals surface area contributed by atoms with Crippen LogP contribution in [0.25, 0.3) is 0 Å². The van der Waals surface area contributed by atoms with Crippen LogP contribution in [-0.2, 0) is 14.2 Å². The summed E-state index contributed by atoms with van der Waals surface area (Å²) in [5.41, 5.74) is 5.29. The molecular formula is C14H31NO3. The maximum absolute atomic E-state index is 5.48. The van der Waals surface area contributed by atoms with Crippen LogP contribution in [0.3, 0.4) is 0 Å². The Morgan fingerprint density at radius 2 is 1.11 bits per heavy atom. The quantitative estimate of drug-likeness (QED) is 0.460. The highest BCUT2D eigenvalue weighted by Crippen LogP contribution is 2.04. The lowest BCUT2D eigenvalue weighted by atomic mass is 10.1. The van der Waals surface area contributed by atoms with E-state index >= 15 is 0 Å². The summed E-state index contributed by atoms with van der Waals surface area (Å²) in [4.78, 5) is 0. The highest BCUT2D eigenvalue weighted by molar-refractivity contribution is 4.43. The van der Waals surface area contributed by atoms with Gasteiger partial charge in [-0.2, -0.15) is 0 Å². The summed E-state index contributed by atoms with van der Waals surface area (Å²) in [5, 5.41) is 0. The minimum Gasteiger partial charge on any atom is -0.379 e. The van der Waals surface area contributed by atoms with Crippen LogP contribution in [0.15, 0.2) is 0 Å². The van der Waals surface area contributed by atoms with Gasteiger partial charge in [0.15, 0.2) is 0 Å². The van der Waals surface area contributed by atoms with E-state index in [9.17, 15) is 0 Å². The lowest BCUT2D eigenvalue weighted by Crippen LogP contribution is -2.13. The van der Waals surface area contributed by atoms with Gasteiger partial charge in [-0.3, -0.25) is 0 Å². The number of hydrogen-bond acceptors (Lipinski definition) is 4. The molecule has 0 saturated carbocycles. The first kappa shape index (κ1) is 17.8. The topological polar surface area (TPSA) is 53.7 Å². The van der Waals surface area contributed by atoms with E-state index in [1.165, 1.54) is 38.5 Å². The van der Waals surface area contributed by atoms with Crippen molar-refractivity contribution < 1.29 is 14.2 Å². The smallest absolute Gasteiger partial charge is 0.0701 e. The van der Waals surface area contributed by atoms with Gasteiger partial charge in [0.25, 0.3) is 0 Å². The second-order valence-corrected chi connectivity index (χ2v) is 4.39. The van der Waals surface area contributed by atoms with Gasteiger partial charge in [0.1, 0.15) is 0 Å². The molecular weight excluding hydrogens is 230 g/mol. The molecule has 0 aromatic heterocycles. The van der Waals surface area contributed by atoms with E-state index in [4.69, 9.17) is 19.9 Å². The standard InChI is InChI=1S/C14H31NO3/c1-2-3-4-5-6-7-9-16-11-13-18-14-12-17-10-8-15/h2-15H2,1H3. The fourth-order valence-corrected chi connectivity index (χ4v) is 1.61. The third kappa shape index (κ3) is 15.8. The summed E-state index contributed by atoms with van der Waals surface area (Å²) < 4.78 is 16.0. The molecule has 0 spiro atoms. The number of hydrogen-bond donors (Lipinski definition) is 1. The zero-order valence-electron chi connectivity index (χ0n) is 12.0. The Morgan fingerprint density at radius 1 is 0.611 bits per heavy atom. The van der Waals surface area contributed by atoms with E-state index < -0.39 is 0 Å². The van der Waals surface area contributed by atoms with Gasteiger partial charge in [0, 0.05) is 13.2 Å². The summed E-state index contributed by atoms with van der Waals surface area (Å²) in [6.45, 7) is 6.87. The molecule has 0 amide bonds. The molecule has 0 radical (unpaired) electrons. The first-order valence-electron chi connectivity index (χ1n) is 7.35. The van der Waals surface area contributed by atoms with Gasteiger partial charge in [-0.1, -0.05) is 39.0 Å². The first-order chi connectivity index (χ1) is 8.91. The molecule has 0 unspecified atom stereocenters. The Labute approximate surface area is 112 Å². The fraction of sp³-hybridized carbons (Fsp3) is 1.00. The van der Waals surface area contributed by atoms with Gasteiger partial charge in [0.05, 0.1) is 33.0 Å². The second-order valence-electron chi connectivity index (χ2n) is 4.39. The van der Waals surface area contributed by atoms with Gasteiger partial charge in [-0.25, -0.2) is 0 Å². The predicted octanol–water partition coefficient (Wildman–Crippen LogP) is 2.36. The van der Waals surface area contributed by atoms with Crippen LogP contribution in [0.4, 0.5) is 0 Å². The number of rotatable bonds is 15. The maximum Gasteiger partial charge on any atom is 0.0701 e. The van der Waals surface area contributed by atoms with E-state index in [0.29, 0.717) is 39.6 Å². The van der Waals surface area contributed by atoms with E-state index in [1.54, 1.807) is 0 Å². The van der Waals surface area contributed by atoms with Crippen LogP contribution in [0.2, 0.25) is 0 Å². The van der Waals surface area contributed by atoms with Crippen molar-refractivity contribution in [2.24, 2.45) is 5.73 Å². The van der Waals surface area contributed by atoms with Crippen LogP contribution < -0.4 is 5.73 Å². The van der Waals surface area contributed by atoms with E-state index in [1.807, 2.05) is 0 Å². The van der Waals surface area contributed by atoms with E-state index in [-0.39, 0.29) is 0 Å². The molecule has 2 N–H and O–H groups in total. The molecule has 18 heavy (non-hydrogen) atoms. The summed E-state index contributed by atoms with van der Waals surface area (Å²) in [7, 11) is 0. The minimum atomic E-state index is 0.571. The van der Waals surface area contributed by atoms with Gasteiger partial charge < -0.3 is 19.9 Å². The summed E-state index contributed by atoms with van der Waals surface area (Å²) in [5.74, 6) is 0. The normalized spacial score (nSPS) is 11.0. The molecule has 4 heteroatoms. The number of ether oxygens (including phenoxy) is 3. The molecule has 0 atom stereocenters. The molecule has 0 fully saturated rings. The van der Waals surface area contributed by atoms with Crippen molar-refractivity contribution in [1.29, 1.82) is 0 Å². The molecule has 0 rings (SSSR count). The Bertz CT molecular complexity index is 129. The molecule has 110 valence electrons. The fourth-order valence-electron chi connectivity index (χ4n) is 1.61. The zero-order chi connectivity index (χ0) is 13.3. The lowest BCUT2D eigenvalue weighted by molar-refractivity contribution is 0.0153. The monoisotopic (exact) mass is 261 g/mol. The minimum absolute atomic E-state index is 0.571. The number of unbranched alkanes of at least 4 members (excludes halogenated alkanes) is 5. The maximum atomic E-state index is 5.48. The van der Waals surface area contributed by atoms with Crippen molar-refractivity contribution >= 4 is 0 Å². The Morgan fingerprint density at radius 3 is 1.72 bits per heavy atom. The predicted molar refractivity (Wildman–Crippen MR) is 74.9 cm³/mol. The van der Waals surface area contributed by atoms with E-state index in [0.717, 1.165) is 6.61 Å². The molecule has 0 aliphatic heterocycles. The van der Waals surface area contributed by atoms with Crippen LogP contribution in [0.1, 0.15) is 45.4 Å². The summed E-state index contributed by atoms with van der Waals surface area (Å²) >= 11 is 0. The van der Waals surface area contributed by atoms with Crippen molar-refractivity contribution in [2.45, 2.75) is 45.4 Å². The molecule has 0 aliphatic rings. The van der Waals surface area contributed by atoms with Crippen LogP contribution in [0.5, 0.6) is 0 Å². The first-order valence-corrected chi connectivity index (χ1v) is 7.35. The van der Waals surface area contributed by atoms with Crippen LogP contribution in [0, 0.1) is 0 Å². The molecule has 0 bridgehead atoms. The molecule has 0 aromatic carbocycles. The van der Waals surface area contributed by atoms with Crippen molar-refractivity contribution in [1.82, 2.24) is 0 Å².